The number of halogens is 1. The summed E-state index contributed by atoms with van der Waals surface area (Å²) < 4.78 is 2.45. The van der Waals surface area contributed by atoms with Crippen molar-refractivity contribution in [1.82, 2.24) is 0 Å². The summed E-state index contributed by atoms with van der Waals surface area (Å²) in [5.74, 6) is 0. The summed E-state index contributed by atoms with van der Waals surface area (Å²) >= 11 is 3.86. The van der Waals surface area contributed by atoms with Crippen molar-refractivity contribution < 1.29 is 4.79 Å². The lowest BCUT2D eigenvalue weighted by atomic mass is 10.2. The molecule has 66 valence electrons. The molecule has 1 aromatic carbocycles. The van der Waals surface area contributed by atoms with Crippen LogP contribution in [0, 0.1) is 10.5 Å². The first-order valence-electron chi connectivity index (χ1n) is 3.85. The predicted octanol–water partition coefficient (Wildman–Crippen LogP) is 3.63. The molecule has 13 heavy (non-hydrogen) atoms. The van der Waals surface area contributed by atoms with Gasteiger partial charge >= 0.3 is 0 Å². The van der Waals surface area contributed by atoms with Crippen LogP contribution in [0.2, 0.25) is 0 Å². The van der Waals surface area contributed by atoms with Crippen molar-refractivity contribution in [2.45, 2.75) is 6.92 Å². The van der Waals surface area contributed by atoms with Crippen LogP contribution in [0.4, 0.5) is 0 Å². The number of aryl methyl sites for hydroxylation is 1. The fraction of sp³-hybridized carbons (Fsp3) is 0.100. The Labute approximate surface area is 93.9 Å². The monoisotopic (exact) mass is 302 g/mol. The number of hydrogen-bond acceptors (Lipinski definition) is 2. The van der Waals surface area contributed by atoms with Crippen molar-refractivity contribution in [3.63, 3.8) is 0 Å². The lowest BCUT2D eigenvalue weighted by Gasteiger charge is -1.96. The van der Waals surface area contributed by atoms with E-state index in [2.05, 4.69) is 41.6 Å². The minimum Gasteiger partial charge on any atom is -0.297 e. The van der Waals surface area contributed by atoms with Crippen LogP contribution in [0.5, 0.6) is 0 Å². The Morgan fingerprint density at radius 2 is 2.15 bits per heavy atom. The molecule has 0 aliphatic rings. The summed E-state index contributed by atoms with van der Waals surface area (Å²) in [5, 5.41) is 1.17. The van der Waals surface area contributed by atoms with Gasteiger partial charge in [-0.25, -0.2) is 0 Å². The summed E-state index contributed by atoms with van der Waals surface area (Å²) in [5.41, 5.74) is 1.27. The summed E-state index contributed by atoms with van der Waals surface area (Å²) in [6.45, 7) is 2.08. The SMILES string of the molecule is Cc1cc2cc(C=O)sc2cc1I. The molecule has 0 spiro atoms. The van der Waals surface area contributed by atoms with Gasteiger partial charge in [-0.2, -0.15) is 0 Å². The lowest BCUT2D eigenvalue weighted by Crippen LogP contribution is -1.76. The normalized spacial score (nSPS) is 10.6. The molecular weight excluding hydrogens is 295 g/mol. The summed E-state index contributed by atoms with van der Waals surface area (Å²) in [4.78, 5) is 11.4. The highest BCUT2D eigenvalue weighted by Gasteiger charge is 2.03. The molecule has 0 saturated carbocycles. The van der Waals surface area contributed by atoms with Crippen LogP contribution in [0.3, 0.4) is 0 Å². The third-order valence-electron chi connectivity index (χ3n) is 1.93. The molecule has 1 nitrogen and oxygen atoms in total. The second-order valence-electron chi connectivity index (χ2n) is 2.91. The van der Waals surface area contributed by atoms with Crippen LogP contribution in [-0.4, -0.2) is 6.29 Å². The molecule has 0 bridgehead atoms. The lowest BCUT2D eigenvalue weighted by molar-refractivity contribution is 0.112. The van der Waals surface area contributed by atoms with Crippen molar-refractivity contribution in [1.29, 1.82) is 0 Å². The number of fused-ring (bicyclic) bond motifs is 1. The average Bonchev–Trinajstić information content (AvgIpc) is 2.48. The third-order valence-corrected chi connectivity index (χ3v) is 4.12. The maximum atomic E-state index is 10.6. The van der Waals surface area contributed by atoms with Gasteiger partial charge in [0.15, 0.2) is 6.29 Å². The minimum atomic E-state index is 0.802. The second-order valence-corrected chi connectivity index (χ2v) is 5.18. The fourth-order valence-corrected chi connectivity index (χ4v) is 2.83. The molecule has 0 unspecified atom stereocenters. The number of aldehydes is 1. The number of carbonyl (C=O) groups excluding carboxylic acids is 1. The van der Waals surface area contributed by atoms with Crippen molar-refractivity contribution >= 4 is 50.3 Å². The zero-order chi connectivity index (χ0) is 9.42. The van der Waals surface area contributed by atoms with Gasteiger partial charge in [-0.05, 0) is 58.7 Å². The Bertz CT molecular complexity index is 434. The van der Waals surface area contributed by atoms with Gasteiger partial charge in [0.05, 0.1) is 4.88 Å². The number of thiophene rings is 1. The average molecular weight is 302 g/mol. The summed E-state index contributed by atoms with van der Waals surface area (Å²) in [6.07, 6.45) is 0.910. The van der Waals surface area contributed by atoms with Crippen LogP contribution in [0.25, 0.3) is 10.1 Å². The standard InChI is InChI=1S/C10H7IOS/c1-6-2-7-3-8(5-12)13-10(7)4-9(6)11/h2-5H,1H3. The van der Waals surface area contributed by atoms with Crippen LogP contribution in [0.1, 0.15) is 15.2 Å². The highest BCUT2D eigenvalue weighted by molar-refractivity contribution is 14.1. The van der Waals surface area contributed by atoms with Crippen molar-refractivity contribution in [3.8, 4) is 0 Å². The van der Waals surface area contributed by atoms with E-state index in [-0.39, 0.29) is 0 Å². The molecule has 0 fully saturated rings. The number of carbonyl (C=O) groups is 1. The molecule has 1 heterocycles. The third kappa shape index (κ3) is 1.62. The molecule has 2 aromatic rings. The van der Waals surface area contributed by atoms with Crippen LogP contribution in [0.15, 0.2) is 18.2 Å². The Kier molecular flexibility index (Phi) is 2.38. The van der Waals surface area contributed by atoms with Crippen LogP contribution in [-0.2, 0) is 0 Å². The second kappa shape index (κ2) is 3.38. The Morgan fingerprint density at radius 3 is 2.85 bits per heavy atom. The summed E-state index contributed by atoms with van der Waals surface area (Å²) in [6, 6.07) is 6.19. The zero-order valence-electron chi connectivity index (χ0n) is 7.00. The van der Waals surface area contributed by atoms with Gasteiger partial charge in [0.25, 0.3) is 0 Å². The molecule has 3 heteroatoms. The molecule has 0 atom stereocenters. The number of hydrogen-bond donors (Lipinski definition) is 0. The zero-order valence-corrected chi connectivity index (χ0v) is 9.98. The first-order valence-corrected chi connectivity index (χ1v) is 5.75. The van der Waals surface area contributed by atoms with E-state index in [0.717, 1.165) is 11.2 Å². The van der Waals surface area contributed by atoms with Crippen molar-refractivity contribution in [3.05, 3.63) is 32.2 Å². The maximum Gasteiger partial charge on any atom is 0.160 e. The van der Waals surface area contributed by atoms with Crippen molar-refractivity contribution in [2.75, 3.05) is 0 Å². The van der Waals surface area contributed by atoms with Gasteiger partial charge in [-0.1, -0.05) is 0 Å². The Morgan fingerprint density at radius 1 is 1.38 bits per heavy atom. The Balaban J connectivity index is 2.77. The first kappa shape index (κ1) is 9.15. The molecule has 0 amide bonds. The summed E-state index contributed by atoms with van der Waals surface area (Å²) in [7, 11) is 0. The molecule has 2 rings (SSSR count). The molecule has 0 N–H and O–H groups in total. The van der Waals surface area contributed by atoms with Gasteiger partial charge in [0, 0.05) is 8.27 Å². The molecule has 0 radical (unpaired) electrons. The highest BCUT2D eigenvalue weighted by Crippen LogP contribution is 2.28. The van der Waals surface area contributed by atoms with E-state index in [0.29, 0.717) is 0 Å². The van der Waals surface area contributed by atoms with Crippen LogP contribution < -0.4 is 0 Å². The largest absolute Gasteiger partial charge is 0.297 e. The molecule has 0 aliphatic heterocycles. The Hall–Kier alpha value is -0.420. The highest BCUT2D eigenvalue weighted by atomic mass is 127. The maximum absolute atomic E-state index is 10.6. The smallest absolute Gasteiger partial charge is 0.160 e. The van der Waals surface area contributed by atoms with E-state index in [1.54, 1.807) is 11.3 Å². The molecule has 0 aliphatic carbocycles. The van der Waals surface area contributed by atoms with Gasteiger partial charge in [0.2, 0.25) is 0 Å². The van der Waals surface area contributed by atoms with Gasteiger partial charge < -0.3 is 0 Å². The van der Waals surface area contributed by atoms with Gasteiger partial charge in [0.1, 0.15) is 0 Å². The topological polar surface area (TPSA) is 17.1 Å². The van der Waals surface area contributed by atoms with E-state index < -0.39 is 0 Å². The minimum absolute atomic E-state index is 0.802. The van der Waals surface area contributed by atoms with E-state index >= 15 is 0 Å². The predicted molar refractivity (Wildman–Crippen MR) is 64.7 cm³/mol. The fourth-order valence-electron chi connectivity index (χ4n) is 1.25. The van der Waals surface area contributed by atoms with E-state index in [1.807, 2.05) is 6.07 Å². The van der Waals surface area contributed by atoms with E-state index in [1.165, 1.54) is 19.2 Å². The number of rotatable bonds is 1. The molecule has 0 saturated heterocycles. The van der Waals surface area contributed by atoms with Crippen LogP contribution >= 0.6 is 33.9 Å². The molecule has 1 aromatic heterocycles. The van der Waals surface area contributed by atoms with E-state index in [9.17, 15) is 4.79 Å². The van der Waals surface area contributed by atoms with E-state index in [4.69, 9.17) is 0 Å². The quantitative estimate of drug-likeness (QED) is 0.581. The van der Waals surface area contributed by atoms with Crippen molar-refractivity contribution in [2.24, 2.45) is 0 Å². The van der Waals surface area contributed by atoms with Gasteiger partial charge in [-0.3, -0.25) is 4.79 Å². The molecular formula is C10H7IOS. The number of benzene rings is 1. The first-order chi connectivity index (χ1) is 6.20. The van der Waals surface area contributed by atoms with Gasteiger partial charge in [-0.15, -0.1) is 11.3 Å².